The molecule has 0 atom stereocenters. The molecule has 0 aromatic carbocycles. The number of nitro groups is 1. The van der Waals surface area contributed by atoms with Crippen molar-refractivity contribution in [2.24, 2.45) is 0 Å². The van der Waals surface area contributed by atoms with Gasteiger partial charge in [-0.2, -0.15) is 11.8 Å². The zero-order chi connectivity index (χ0) is 13.0. The second-order valence-electron chi connectivity index (χ2n) is 4.61. The first-order valence-corrected chi connectivity index (χ1v) is 7.27. The minimum absolute atomic E-state index is 0.0287. The molecule has 1 fully saturated rings. The van der Waals surface area contributed by atoms with Crippen molar-refractivity contribution in [3.05, 3.63) is 28.4 Å². The van der Waals surface area contributed by atoms with Gasteiger partial charge in [-0.3, -0.25) is 10.1 Å². The fraction of sp³-hybridized carbons (Fsp3) is 0.583. The highest BCUT2D eigenvalue weighted by molar-refractivity contribution is 8.00. The average Bonchev–Trinajstić information content (AvgIpc) is 2.86. The van der Waals surface area contributed by atoms with Crippen molar-refractivity contribution in [2.75, 3.05) is 18.1 Å². The second-order valence-corrected chi connectivity index (χ2v) is 5.88. The molecular weight excluding hydrogens is 250 g/mol. The summed E-state index contributed by atoms with van der Waals surface area (Å²) in [6.07, 6.45) is 8.48. The number of pyridine rings is 1. The maximum absolute atomic E-state index is 10.5. The summed E-state index contributed by atoms with van der Waals surface area (Å²) in [6, 6.07) is 3.15. The number of anilines is 1. The molecule has 5 nitrogen and oxygen atoms in total. The lowest BCUT2D eigenvalue weighted by Crippen LogP contribution is -2.30. The van der Waals surface area contributed by atoms with Gasteiger partial charge in [-0.15, -0.1) is 0 Å². The van der Waals surface area contributed by atoms with Gasteiger partial charge >= 0.3 is 0 Å². The Labute approximate surface area is 111 Å². The van der Waals surface area contributed by atoms with Crippen molar-refractivity contribution < 1.29 is 4.92 Å². The van der Waals surface area contributed by atoms with Crippen LogP contribution < -0.4 is 5.32 Å². The van der Waals surface area contributed by atoms with Crippen LogP contribution in [0.4, 0.5) is 11.5 Å². The topological polar surface area (TPSA) is 68.1 Å². The fourth-order valence-electron chi connectivity index (χ4n) is 2.32. The van der Waals surface area contributed by atoms with Gasteiger partial charge in [0.1, 0.15) is 12.0 Å². The third kappa shape index (κ3) is 2.93. The van der Waals surface area contributed by atoms with Crippen molar-refractivity contribution in [2.45, 2.75) is 30.4 Å². The van der Waals surface area contributed by atoms with Crippen molar-refractivity contribution in [1.82, 2.24) is 4.98 Å². The van der Waals surface area contributed by atoms with Crippen molar-refractivity contribution in [3.63, 3.8) is 0 Å². The Morgan fingerprint density at radius 1 is 1.50 bits per heavy atom. The second kappa shape index (κ2) is 5.56. The van der Waals surface area contributed by atoms with Gasteiger partial charge in [0.2, 0.25) is 0 Å². The summed E-state index contributed by atoms with van der Waals surface area (Å²) in [6.45, 7) is 0.874. The molecule has 0 radical (unpaired) electrons. The maximum Gasteiger partial charge on any atom is 0.287 e. The van der Waals surface area contributed by atoms with Crippen molar-refractivity contribution in [3.8, 4) is 0 Å². The van der Waals surface area contributed by atoms with E-state index < -0.39 is 4.92 Å². The van der Waals surface area contributed by atoms with E-state index in [-0.39, 0.29) is 5.69 Å². The van der Waals surface area contributed by atoms with Crippen LogP contribution in [0.25, 0.3) is 0 Å². The molecular formula is C12H17N3O2S. The summed E-state index contributed by atoms with van der Waals surface area (Å²) in [7, 11) is 0. The average molecular weight is 267 g/mol. The standard InChI is InChI=1S/C12H17N3O2S/c1-18-12(6-2-3-7-12)9-14-11-5-4-10(8-13-11)15(16)17/h4-5,8H,2-3,6-7,9H2,1H3,(H,13,14). The largest absolute Gasteiger partial charge is 0.369 e. The van der Waals surface area contributed by atoms with E-state index >= 15 is 0 Å². The predicted molar refractivity (Wildman–Crippen MR) is 74.1 cm³/mol. The first kappa shape index (κ1) is 13.1. The van der Waals surface area contributed by atoms with Crippen LogP contribution in [0, 0.1) is 10.1 Å². The lowest BCUT2D eigenvalue weighted by Gasteiger charge is -2.27. The summed E-state index contributed by atoms with van der Waals surface area (Å²) < 4.78 is 0.309. The fourth-order valence-corrected chi connectivity index (χ4v) is 3.24. The quantitative estimate of drug-likeness (QED) is 0.656. The molecule has 0 aliphatic heterocycles. The molecule has 2 rings (SSSR count). The van der Waals surface area contributed by atoms with Gasteiger partial charge < -0.3 is 5.32 Å². The van der Waals surface area contributed by atoms with Crippen LogP contribution in [0.1, 0.15) is 25.7 Å². The predicted octanol–water partition coefficient (Wildman–Crippen LogP) is 3.08. The Morgan fingerprint density at radius 3 is 2.72 bits per heavy atom. The first-order valence-electron chi connectivity index (χ1n) is 6.05. The van der Waals surface area contributed by atoms with Crippen molar-refractivity contribution in [1.29, 1.82) is 0 Å². The van der Waals surface area contributed by atoms with Gasteiger partial charge in [0, 0.05) is 17.4 Å². The molecule has 1 aliphatic carbocycles. The van der Waals surface area contributed by atoms with Crippen LogP contribution in [-0.2, 0) is 0 Å². The molecule has 1 aromatic heterocycles. The Kier molecular flexibility index (Phi) is 4.06. The van der Waals surface area contributed by atoms with Crippen LogP contribution in [-0.4, -0.2) is 27.5 Å². The summed E-state index contributed by atoms with van der Waals surface area (Å²) >= 11 is 1.91. The monoisotopic (exact) mass is 267 g/mol. The van der Waals surface area contributed by atoms with E-state index in [0.29, 0.717) is 10.6 Å². The van der Waals surface area contributed by atoms with E-state index in [9.17, 15) is 10.1 Å². The molecule has 1 aliphatic rings. The molecule has 1 N–H and O–H groups in total. The summed E-state index contributed by atoms with van der Waals surface area (Å²) in [5, 5.41) is 13.8. The molecule has 0 spiro atoms. The van der Waals surface area contributed by atoms with Crippen LogP contribution in [0.3, 0.4) is 0 Å². The summed E-state index contributed by atoms with van der Waals surface area (Å²) in [4.78, 5) is 14.1. The molecule has 6 heteroatoms. The number of nitrogens with one attached hydrogen (secondary N) is 1. The Bertz CT molecular complexity index is 416. The number of hydrogen-bond donors (Lipinski definition) is 1. The minimum atomic E-state index is -0.433. The van der Waals surface area contributed by atoms with Gasteiger partial charge in [0.25, 0.3) is 5.69 Å². The molecule has 1 heterocycles. The Morgan fingerprint density at radius 2 is 2.22 bits per heavy atom. The van der Waals surface area contributed by atoms with Crippen molar-refractivity contribution >= 4 is 23.3 Å². The van der Waals surface area contributed by atoms with E-state index in [4.69, 9.17) is 0 Å². The number of hydrogen-bond acceptors (Lipinski definition) is 5. The molecule has 0 saturated heterocycles. The minimum Gasteiger partial charge on any atom is -0.369 e. The normalized spacial score (nSPS) is 17.6. The summed E-state index contributed by atoms with van der Waals surface area (Å²) in [5.41, 5.74) is 0.0287. The van der Waals surface area contributed by atoms with Crippen LogP contribution in [0.2, 0.25) is 0 Å². The molecule has 0 amide bonds. The highest BCUT2D eigenvalue weighted by Crippen LogP contribution is 2.40. The van der Waals surface area contributed by atoms with Crippen LogP contribution in [0.5, 0.6) is 0 Å². The van der Waals surface area contributed by atoms with Gasteiger partial charge in [0.05, 0.1) is 4.92 Å². The van der Waals surface area contributed by atoms with Crippen LogP contribution >= 0.6 is 11.8 Å². The van der Waals surface area contributed by atoms with Gasteiger partial charge in [-0.25, -0.2) is 4.98 Å². The smallest absolute Gasteiger partial charge is 0.287 e. The van der Waals surface area contributed by atoms with Crippen LogP contribution in [0.15, 0.2) is 18.3 Å². The summed E-state index contributed by atoms with van der Waals surface area (Å²) in [5.74, 6) is 0.709. The van der Waals surface area contributed by atoms with E-state index in [1.54, 1.807) is 6.07 Å². The number of aromatic nitrogens is 1. The van der Waals surface area contributed by atoms with Gasteiger partial charge in [-0.1, -0.05) is 12.8 Å². The molecule has 0 unspecified atom stereocenters. The van der Waals surface area contributed by atoms with E-state index in [1.165, 1.54) is 37.9 Å². The highest BCUT2D eigenvalue weighted by Gasteiger charge is 2.32. The van der Waals surface area contributed by atoms with Gasteiger partial charge in [-0.05, 0) is 25.2 Å². The number of rotatable bonds is 5. The van der Waals surface area contributed by atoms with E-state index in [0.717, 1.165) is 6.54 Å². The van der Waals surface area contributed by atoms with E-state index in [1.807, 2.05) is 11.8 Å². The lowest BCUT2D eigenvalue weighted by molar-refractivity contribution is -0.385. The Balaban J connectivity index is 1.95. The molecule has 18 heavy (non-hydrogen) atoms. The highest BCUT2D eigenvalue weighted by atomic mass is 32.2. The lowest BCUT2D eigenvalue weighted by atomic mass is 10.1. The third-order valence-electron chi connectivity index (χ3n) is 3.50. The molecule has 1 aromatic rings. The number of nitrogens with zero attached hydrogens (tertiary/aromatic N) is 2. The molecule has 98 valence electrons. The molecule has 1 saturated carbocycles. The molecule has 0 bridgehead atoms. The Hall–Kier alpha value is -1.30. The van der Waals surface area contributed by atoms with E-state index in [2.05, 4.69) is 16.6 Å². The first-order chi connectivity index (χ1) is 8.65. The third-order valence-corrected chi connectivity index (χ3v) is 4.92. The zero-order valence-electron chi connectivity index (χ0n) is 10.4. The SMILES string of the molecule is CSC1(CNc2ccc([N+](=O)[O-])cn2)CCCC1. The van der Waals surface area contributed by atoms with Gasteiger partial charge in [0.15, 0.2) is 0 Å². The number of thioether (sulfide) groups is 1. The zero-order valence-corrected chi connectivity index (χ0v) is 11.2. The maximum atomic E-state index is 10.5.